The maximum atomic E-state index is 11.7. The molecule has 1 aromatic heterocycles. The number of hydrogen-bond acceptors (Lipinski definition) is 4. The Morgan fingerprint density at radius 3 is 3.06 bits per heavy atom. The van der Waals surface area contributed by atoms with Crippen LogP contribution in [0.25, 0.3) is 0 Å². The van der Waals surface area contributed by atoms with E-state index in [4.69, 9.17) is 9.84 Å². The summed E-state index contributed by atoms with van der Waals surface area (Å²) in [6.07, 6.45) is 1.11. The number of aliphatic hydroxyl groups excluding tert-OH is 1. The minimum atomic E-state index is -2.41. The first kappa shape index (κ1) is 14.0. The third-order valence-electron chi connectivity index (χ3n) is 2.01. The van der Waals surface area contributed by atoms with Gasteiger partial charge in [0.05, 0.1) is 26.0 Å². The lowest BCUT2D eigenvalue weighted by molar-refractivity contribution is 0.0187. The minimum absolute atomic E-state index is 0.0516. The number of aromatic nitrogens is 2. The summed E-state index contributed by atoms with van der Waals surface area (Å²) in [5, 5.41) is 15.8. The highest BCUT2D eigenvalue weighted by molar-refractivity contribution is 5.03. The van der Waals surface area contributed by atoms with Crippen molar-refractivity contribution in [3.8, 4) is 0 Å². The van der Waals surface area contributed by atoms with E-state index in [1.165, 1.54) is 0 Å². The van der Waals surface area contributed by atoms with E-state index >= 15 is 0 Å². The van der Waals surface area contributed by atoms with Gasteiger partial charge in [0.1, 0.15) is 6.61 Å². The molecule has 0 aliphatic rings. The van der Waals surface area contributed by atoms with E-state index in [-0.39, 0.29) is 13.2 Å². The fourth-order valence-corrected chi connectivity index (χ4v) is 1.27. The van der Waals surface area contributed by atoms with Gasteiger partial charge in [-0.15, -0.1) is 0 Å². The largest absolute Gasteiger partial charge is 0.394 e. The summed E-state index contributed by atoms with van der Waals surface area (Å²) in [5.41, 5.74) is 0.979. The van der Waals surface area contributed by atoms with Crippen molar-refractivity contribution in [3.63, 3.8) is 0 Å². The molecule has 7 heteroatoms. The molecule has 0 bridgehead atoms. The van der Waals surface area contributed by atoms with Gasteiger partial charge >= 0.3 is 0 Å². The molecule has 1 aromatic rings. The number of rotatable bonds is 9. The van der Waals surface area contributed by atoms with Gasteiger partial charge in [-0.2, -0.15) is 5.10 Å². The third-order valence-corrected chi connectivity index (χ3v) is 2.01. The van der Waals surface area contributed by atoms with Gasteiger partial charge < -0.3 is 15.2 Å². The Labute approximate surface area is 98.4 Å². The molecule has 1 heterocycles. The van der Waals surface area contributed by atoms with Crippen LogP contribution in [0.1, 0.15) is 5.56 Å². The standard InChI is InChI=1S/C10H17F2N3O2/c11-10(12)8-17-4-1-13-5-9-6-14-15(7-9)2-3-16/h6-7,10,13,16H,1-5,8H2. The molecule has 98 valence electrons. The molecule has 0 saturated carbocycles. The second-order valence-corrected chi connectivity index (χ2v) is 3.48. The van der Waals surface area contributed by atoms with E-state index in [2.05, 4.69) is 10.4 Å². The van der Waals surface area contributed by atoms with Crippen molar-refractivity contribution >= 4 is 0 Å². The molecular formula is C10H17F2N3O2. The monoisotopic (exact) mass is 249 g/mol. The minimum Gasteiger partial charge on any atom is -0.394 e. The lowest BCUT2D eigenvalue weighted by Gasteiger charge is -2.04. The molecule has 5 nitrogen and oxygen atoms in total. The predicted octanol–water partition coefficient (Wildman–Crippen LogP) is 0.247. The smallest absolute Gasteiger partial charge is 0.261 e. The number of alkyl halides is 2. The Morgan fingerprint density at radius 1 is 1.53 bits per heavy atom. The summed E-state index contributed by atoms with van der Waals surface area (Å²) in [7, 11) is 0. The van der Waals surface area contributed by atoms with Gasteiger partial charge in [0, 0.05) is 24.8 Å². The van der Waals surface area contributed by atoms with Crippen LogP contribution < -0.4 is 5.32 Å². The molecule has 0 spiro atoms. The first-order chi connectivity index (χ1) is 8.22. The summed E-state index contributed by atoms with van der Waals surface area (Å²) < 4.78 is 29.8. The molecular weight excluding hydrogens is 232 g/mol. The molecule has 2 N–H and O–H groups in total. The highest BCUT2D eigenvalue weighted by Crippen LogP contribution is 1.96. The van der Waals surface area contributed by atoms with Crippen molar-refractivity contribution in [3.05, 3.63) is 18.0 Å². The van der Waals surface area contributed by atoms with E-state index in [0.717, 1.165) is 5.56 Å². The van der Waals surface area contributed by atoms with Crippen molar-refractivity contribution in [2.45, 2.75) is 19.5 Å². The van der Waals surface area contributed by atoms with Crippen LogP contribution in [0.2, 0.25) is 0 Å². The number of aliphatic hydroxyl groups is 1. The zero-order valence-corrected chi connectivity index (χ0v) is 9.48. The van der Waals surface area contributed by atoms with Gasteiger partial charge in [0.15, 0.2) is 0 Å². The van der Waals surface area contributed by atoms with Crippen molar-refractivity contribution in [2.75, 3.05) is 26.4 Å². The molecule has 1 rings (SSSR count). The van der Waals surface area contributed by atoms with E-state index < -0.39 is 13.0 Å². The summed E-state index contributed by atoms with van der Waals surface area (Å²) in [6, 6.07) is 0. The maximum absolute atomic E-state index is 11.7. The summed E-state index contributed by atoms with van der Waals surface area (Å²) in [6.45, 7) is 1.38. The van der Waals surface area contributed by atoms with E-state index in [0.29, 0.717) is 19.6 Å². The van der Waals surface area contributed by atoms with Crippen LogP contribution in [0.15, 0.2) is 12.4 Å². The van der Waals surface area contributed by atoms with Crippen molar-refractivity contribution in [2.24, 2.45) is 0 Å². The summed E-state index contributed by atoms with van der Waals surface area (Å²) in [4.78, 5) is 0. The quantitative estimate of drug-likeness (QED) is 0.616. The molecule has 0 atom stereocenters. The number of halogens is 2. The second-order valence-electron chi connectivity index (χ2n) is 3.48. The molecule has 0 aliphatic heterocycles. The van der Waals surface area contributed by atoms with Crippen LogP contribution in [0.4, 0.5) is 8.78 Å². The SMILES string of the molecule is OCCn1cc(CNCCOCC(F)F)cn1. The molecule has 17 heavy (non-hydrogen) atoms. The van der Waals surface area contributed by atoms with E-state index in [9.17, 15) is 8.78 Å². The van der Waals surface area contributed by atoms with Gasteiger partial charge in [-0.1, -0.05) is 0 Å². The fraction of sp³-hybridized carbons (Fsp3) is 0.700. The predicted molar refractivity (Wildman–Crippen MR) is 57.8 cm³/mol. The first-order valence-corrected chi connectivity index (χ1v) is 5.41. The van der Waals surface area contributed by atoms with Gasteiger partial charge in [0.25, 0.3) is 6.43 Å². The average Bonchev–Trinajstić information content (AvgIpc) is 2.71. The highest BCUT2D eigenvalue weighted by Gasteiger charge is 2.01. The van der Waals surface area contributed by atoms with E-state index in [1.807, 2.05) is 6.20 Å². The second kappa shape index (κ2) is 8.10. The number of nitrogens with one attached hydrogen (secondary N) is 1. The molecule has 0 amide bonds. The van der Waals surface area contributed by atoms with Crippen molar-refractivity contribution in [1.82, 2.24) is 15.1 Å². The number of ether oxygens (including phenoxy) is 1. The maximum Gasteiger partial charge on any atom is 0.261 e. The topological polar surface area (TPSA) is 59.3 Å². The van der Waals surface area contributed by atoms with Crippen LogP contribution in [0.3, 0.4) is 0 Å². The number of hydrogen-bond donors (Lipinski definition) is 2. The third kappa shape index (κ3) is 6.30. The van der Waals surface area contributed by atoms with Gasteiger partial charge in [-0.25, -0.2) is 8.78 Å². The summed E-state index contributed by atoms with van der Waals surface area (Å²) in [5.74, 6) is 0. The average molecular weight is 249 g/mol. The van der Waals surface area contributed by atoms with Gasteiger partial charge in [-0.3, -0.25) is 4.68 Å². The van der Waals surface area contributed by atoms with Crippen molar-refractivity contribution < 1.29 is 18.6 Å². The van der Waals surface area contributed by atoms with Gasteiger partial charge in [0.2, 0.25) is 0 Å². The lowest BCUT2D eigenvalue weighted by Crippen LogP contribution is -2.20. The first-order valence-electron chi connectivity index (χ1n) is 5.41. The van der Waals surface area contributed by atoms with Crippen LogP contribution in [0.5, 0.6) is 0 Å². The zero-order valence-electron chi connectivity index (χ0n) is 9.48. The number of nitrogens with zero attached hydrogens (tertiary/aromatic N) is 2. The van der Waals surface area contributed by atoms with Crippen LogP contribution >= 0.6 is 0 Å². The fourth-order valence-electron chi connectivity index (χ4n) is 1.27. The van der Waals surface area contributed by atoms with Gasteiger partial charge in [-0.05, 0) is 0 Å². The molecule has 0 radical (unpaired) electrons. The Kier molecular flexibility index (Phi) is 6.68. The Bertz CT molecular complexity index is 307. The van der Waals surface area contributed by atoms with E-state index in [1.54, 1.807) is 10.9 Å². The van der Waals surface area contributed by atoms with Crippen LogP contribution in [0, 0.1) is 0 Å². The molecule has 0 aliphatic carbocycles. The van der Waals surface area contributed by atoms with Crippen LogP contribution in [-0.4, -0.2) is 47.7 Å². The normalized spacial score (nSPS) is 11.3. The Morgan fingerprint density at radius 2 is 2.35 bits per heavy atom. The molecule has 0 saturated heterocycles. The molecule has 0 fully saturated rings. The molecule has 0 unspecified atom stereocenters. The lowest BCUT2D eigenvalue weighted by atomic mass is 10.3. The van der Waals surface area contributed by atoms with Crippen LogP contribution in [-0.2, 0) is 17.8 Å². The zero-order chi connectivity index (χ0) is 12.5. The molecule has 0 aromatic carbocycles. The summed E-state index contributed by atoms with van der Waals surface area (Å²) >= 11 is 0. The highest BCUT2D eigenvalue weighted by atomic mass is 19.3. The Hall–Kier alpha value is -1.05. The van der Waals surface area contributed by atoms with Crippen molar-refractivity contribution in [1.29, 1.82) is 0 Å². The Balaban J connectivity index is 2.05.